The molecule has 3 heterocycles. The van der Waals surface area contributed by atoms with Gasteiger partial charge in [-0.25, -0.2) is 4.98 Å². The highest BCUT2D eigenvalue weighted by Crippen LogP contribution is 2.29. The van der Waals surface area contributed by atoms with Crippen LogP contribution in [0.5, 0.6) is 0 Å². The standard InChI is InChI=1S/C21H25N5O2/c1-15-4-2-5-16(12-15)20-21(26-10-9-22-14-18(26)25-20)23-8-7-19(27)24-13-17-6-3-11-28-17/h2,4-5,9-10,12,14,17,23H,3,6-8,11,13H2,1H3,(H,24,27). The van der Waals surface area contributed by atoms with Gasteiger partial charge in [0.2, 0.25) is 5.91 Å². The molecule has 0 radical (unpaired) electrons. The molecule has 146 valence electrons. The highest BCUT2D eigenvalue weighted by Gasteiger charge is 2.17. The number of hydrogen-bond donors (Lipinski definition) is 2. The normalized spacial score (nSPS) is 16.4. The maximum atomic E-state index is 12.2. The van der Waals surface area contributed by atoms with Crippen molar-refractivity contribution in [1.29, 1.82) is 0 Å². The molecule has 1 aliphatic rings. The number of anilines is 1. The Hall–Kier alpha value is -2.93. The van der Waals surface area contributed by atoms with Crippen molar-refractivity contribution >= 4 is 17.4 Å². The van der Waals surface area contributed by atoms with Gasteiger partial charge in [0.05, 0.1) is 12.3 Å². The Balaban J connectivity index is 1.45. The van der Waals surface area contributed by atoms with E-state index < -0.39 is 0 Å². The average molecular weight is 379 g/mol. The summed E-state index contributed by atoms with van der Waals surface area (Å²) in [5.41, 5.74) is 3.84. The molecule has 0 bridgehead atoms. The zero-order valence-electron chi connectivity index (χ0n) is 16.0. The Morgan fingerprint density at radius 1 is 1.39 bits per heavy atom. The fraction of sp³-hybridized carbons (Fsp3) is 0.381. The van der Waals surface area contributed by atoms with Crippen molar-refractivity contribution in [2.24, 2.45) is 0 Å². The van der Waals surface area contributed by atoms with Gasteiger partial charge in [-0.2, -0.15) is 0 Å². The van der Waals surface area contributed by atoms with Gasteiger partial charge in [-0.1, -0.05) is 23.8 Å². The SMILES string of the molecule is Cc1cccc(-c2nc3cnccn3c2NCCC(=O)NCC2CCCO2)c1. The molecule has 7 nitrogen and oxygen atoms in total. The van der Waals surface area contributed by atoms with E-state index in [1.54, 1.807) is 12.4 Å². The van der Waals surface area contributed by atoms with Crippen LogP contribution in [0.1, 0.15) is 24.8 Å². The van der Waals surface area contributed by atoms with Crippen LogP contribution < -0.4 is 10.6 Å². The highest BCUT2D eigenvalue weighted by molar-refractivity contribution is 5.78. The molecule has 7 heteroatoms. The molecule has 1 fully saturated rings. The van der Waals surface area contributed by atoms with Crippen molar-refractivity contribution in [3.05, 3.63) is 48.4 Å². The van der Waals surface area contributed by atoms with Crippen LogP contribution in [0.25, 0.3) is 16.9 Å². The van der Waals surface area contributed by atoms with Gasteiger partial charge in [0.1, 0.15) is 11.5 Å². The van der Waals surface area contributed by atoms with E-state index in [4.69, 9.17) is 9.72 Å². The summed E-state index contributed by atoms with van der Waals surface area (Å²) in [6.45, 7) is 3.97. The monoisotopic (exact) mass is 379 g/mol. The first-order valence-corrected chi connectivity index (χ1v) is 9.72. The Kier molecular flexibility index (Phi) is 5.53. The minimum Gasteiger partial charge on any atom is -0.376 e. The summed E-state index contributed by atoms with van der Waals surface area (Å²) in [6.07, 6.45) is 7.99. The van der Waals surface area contributed by atoms with Gasteiger partial charge < -0.3 is 15.4 Å². The molecular weight excluding hydrogens is 354 g/mol. The number of fused-ring (bicyclic) bond motifs is 1. The smallest absolute Gasteiger partial charge is 0.221 e. The minimum atomic E-state index is 0.0237. The van der Waals surface area contributed by atoms with Gasteiger partial charge in [0.25, 0.3) is 0 Å². The fourth-order valence-corrected chi connectivity index (χ4v) is 3.49. The van der Waals surface area contributed by atoms with Gasteiger partial charge in [-0.05, 0) is 25.8 Å². The van der Waals surface area contributed by atoms with Crippen LogP contribution >= 0.6 is 0 Å². The topological polar surface area (TPSA) is 80.5 Å². The molecule has 28 heavy (non-hydrogen) atoms. The molecule has 0 spiro atoms. The summed E-state index contributed by atoms with van der Waals surface area (Å²) in [5, 5.41) is 6.35. The molecule has 0 saturated carbocycles. The predicted molar refractivity (Wildman–Crippen MR) is 108 cm³/mol. The lowest BCUT2D eigenvalue weighted by atomic mass is 10.1. The Bertz CT molecular complexity index is 962. The number of hydrogen-bond acceptors (Lipinski definition) is 5. The van der Waals surface area contributed by atoms with Crippen LogP contribution in [0.15, 0.2) is 42.9 Å². The van der Waals surface area contributed by atoms with E-state index in [0.29, 0.717) is 19.5 Å². The molecule has 3 aromatic rings. The van der Waals surface area contributed by atoms with Crippen LogP contribution in [0.3, 0.4) is 0 Å². The maximum absolute atomic E-state index is 12.2. The molecule has 1 saturated heterocycles. The molecule has 1 aromatic carbocycles. The Morgan fingerprint density at radius 3 is 3.14 bits per heavy atom. The number of aryl methyl sites for hydroxylation is 1. The second kappa shape index (κ2) is 8.39. The number of benzene rings is 1. The number of ether oxygens (including phenoxy) is 1. The van der Waals surface area contributed by atoms with Crippen LogP contribution in [-0.2, 0) is 9.53 Å². The van der Waals surface area contributed by atoms with E-state index in [-0.39, 0.29) is 12.0 Å². The van der Waals surface area contributed by atoms with E-state index in [1.807, 2.05) is 22.7 Å². The lowest BCUT2D eigenvalue weighted by Crippen LogP contribution is -2.32. The summed E-state index contributed by atoms with van der Waals surface area (Å²) in [6, 6.07) is 8.23. The molecule has 1 aliphatic heterocycles. The van der Waals surface area contributed by atoms with Gasteiger partial charge in [0, 0.05) is 44.1 Å². The maximum Gasteiger partial charge on any atom is 0.221 e. The van der Waals surface area contributed by atoms with Crippen molar-refractivity contribution in [2.75, 3.05) is 25.0 Å². The minimum absolute atomic E-state index is 0.0237. The predicted octanol–water partition coefficient (Wildman–Crippen LogP) is 2.80. The number of amides is 1. The van der Waals surface area contributed by atoms with Crippen molar-refractivity contribution < 1.29 is 9.53 Å². The van der Waals surface area contributed by atoms with Gasteiger partial charge in [0.15, 0.2) is 5.65 Å². The number of carbonyl (C=O) groups is 1. The van der Waals surface area contributed by atoms with Crippen LogP contribution in [-0.4, -0.2) is 46.1 Å². The second-order valence-corrected chi connectivity index (χ2v) is 7.10. The zero-order chi connectivity index (χ0) is 19.3. The number of aromatic nitrogens is 3. The van der Waals surface area contributed by atoms with Crippen molar-refractivity contribution in [1.82, 2.24) is 19.7 Å². The van der Waals surface area contributed by atoms with E-state index in [0.717, 1.165) is 42.2 Å². The first kappa shape index (κ1) is 18.4. The van der Waals surface area contributed by atoms with Gasteiger partial charge in [-0.15, -0.1) is 0 Å². The molecule has 4 rings (SSSR count). The summed E-state index contributed by atoms with van der Waals surface area (Å²) >= 11 is 0. The van der Waals surface area contributed by atoms with E-state index in [1.165, 1.54) is 5.56 Å². The lowest BCUT2D eigenvalue weighted by molar-refractivity contribution is -0.121. The van der Waals surface area contributed by atoms with Crippen molar-refractivity contribution in [3.63, 3.8) is 0 Å². The van der Waals surface area contributed by atoms with Gasteiger partial charge >= 0.3 is 0 Å². The molecule has 2 N–H and O–H groups in total. The van der Waals surface area contributed by atoms with E-state index in [2.05, 4.69) is 34.7 Å². The van der Waals surface area contributed by atoms with E-state index >= 15 is 0 Å². The highest BCUT2D eigenvalue weighted by atomic mass is 16.5. The summed E-state index contributed by atoms with van der Waals surface area (Å²) in [5.74, 6) is 0.894. The first-order chi connectivity index (χ1) is 13.7. The van der Waals surface area contributed by atoms with Crippen molar-refractivity contribution in [3.8, 4) is 11.3 Å². The lowest BCUT2D eigenvalue weighted by Gasteiger charge is -2.12. The molecule has 1 atom stereocenters. The molecule has 1 amide bonds. The Morgan fingerprint density at radius 2 is 2.32 bits per heavy atom. The number of nitrogens with zero attached hydrogens (tertiary/aromatic N) is 3. The zero-order valence-corrected chi connectivity index (χ0v) is 16.0. The first-order valence-electron chi connectivity index (χ1n) is 9.72. The largest absolute Gasteiger partial charge is 0.376 e. The summed E-state index contributed by atoms with van der Waals surface area (Å²) < 4.78 is 7.51. The van der Waals surface area contributed by atoms with Crippen LogP contribution in [0.4, 0.5) is 5.82 Å². The molecular formula is C21H25N5O2. The fourth-order valence-electron chi connectivity index (χ4n) is 3.49. The number of carbonyl (C=O) groups excluding carboxylic acids is 1. The third-order valence-electron chi connectivity index (χ3n) is 4.92. The summed E-state index contributed by atoms with van der Waals surface area (Å²) in [7, 11) is 0. The van der Waals surface area contributed by atoms with Crippen molar-refractivity contribution in [2.45, 2.75) is 32.3 Å². The third-order valence-corrected chi connectivity index (χ3v) is 4.92. The molecule has 1 unspecified atom stereocenters. The average Bonchev–Trinajstić information content (AvgIpc) is 3.34. The number of rotatable bonds is 7. The molecule has 0 aliphatic carbocycles. The Labute approximate surface area is 164 Å². The summed E-state index contributed by atoms with van der Waals surface area (Å²) in [4.78, 5) is 21.0. The van der Waals surface area contributed by atoms with Crippen LogP contribution in [0, 0.1) is 6.92 Å². The second-order valence-electron chi connectivity index (χ2n) is 7.10. The number of imidazole rings is 1. The third kappa shape index (κ3) is 4.14. The quantitative estimate of drug-likeness (QED) is 0.660. The molecule has 2 aromatic heterocycles. The van der Waals surface area contributed by atoms with Crippen LogP contribution in [0.2, 0.25) is 0 Å². The van der Waals surface area contributed by atoms with Gasteiger partial charge in [-0.3, -0.25) is 14.2 Å². The van der Waals surface area contributed by atoms with E-state index in [9.17, 15) is 4.79 Å². The number of nitrogens with one attached hydrogen (secondary N) is 2.